The number of hydrogen-bond donors (Lipinski definition) is 3. The van der Waals surface area contributed by atoms with Gasteiger partial charge >= 0.3 is 0 Å². The number of nitrogens with one attached hydrogen (secondary N) is 2. The monoisotopic (exact) mass is 289 g/mol. The molecule has 0 saturated carbocycles. The molecule has 0 fully saturated rings. The molecule has 0 unspecified atom stereocenters. The highest BCUT2D eigenvalue weighted by atomic mass is 16.3. The van der Waals surface area contributed by atoms with E-state index < -0.39 is 0 Å². The van der Waals surface area contributed by atoms with Crippen molar-refractivity contribution in [2.75, 3.05) is 30.3 Å². The average Bonchev–Trinajstić information content (AvgIpc) is 2.51. The fraction of sp³-hybridized carbons (Fsp3) is 0.357. The first-order chi connectivity index (χ1) is 10.2. The molecule has 0 saturated heterocycles. The van der Waals surface area contributed by atoms with Crippen LogP contribution >= 0.6 is 0 Å². The first kappa shape index (κ1) is 15.0. The smallest absolute Gasteiger partial charge is 0.293 e. The lowest BCUT2D eigenvalue weighted by Crippen LogP contribution is -2.29. The topological polar surface area (TPSA) is 92.1 Å². The SMILES string of the molecule is Cc1cnc(NCCNc2ccccn2)c(=O)n1CCO. The van der Waals surface area contributed by atoms with Gasteiger partial charge in [-0.3, -0.25) is 4.79 Å². The Bertz CT molecular complexity index is 627. The van der Waals surface area contributed by atoms with Gasteiger partial charge in [0.1, 0.15) is 5.82 Å². The van der Waals surface area contributed by atoms with E-state index in [4.69, 9.17) is 5.11 Å². The zero-order valence-corrected chi connectivity index (χ0v) is 11.9. The van der Waals surface area contributed by atoms with Crippen molar-refractivity contribution in [2.24, 2.45) is 0 Å². The third kappa shape index (κ3) is 4.03. The number of hydrogen-bond acceptors (Lipinski definition) is 6. The Morgan fingerprint density at radius 1 is 1.24 bits per heavy atom. The molecule has 2 aromatic rings. The molecule has 0 amide bonds. The van der Waals surface area contributed by atoms with Crippen molar-refractivity contribution in [2.45, 2.75) is 13.5 Å². The van der Waals surface area contributed by atoms with Crippen LogP contribution in [0.15, 0.2) is 35.4 Å². The van der Waals surface area contributed by atoms with Gasteiger partial charge in [0.15, 0.2) is 5.82 Å². The molecule has 0 aliphatic rings. The van der Waals surface area contributed by atoms with Crippen LogP contribution < -0.4 is 16.2 Å². The Balaban J connectivity index is 1.91. The molecule has 21 heavy (non-hydrogen) atoms. The molecule has 0 aromatic carbocycles. The zero-order valence-electron chi connectivity index (χ0n) is 11.9. The van der Waals surface area contributed by atoms with Crippen molar-refractivity contribution >= 4 is 11.6 Å². The minimum atomic E-state index is -0.220. The summed E-state index contributed by atoms with van der Waals surface area (Å²) in [6, 6.07) is 5.62. The maximum absolute atomic E-state index is 12.1. The minimum Gasteiger partial charge on any atom is -0.395 e. The Morgan fingerprint density at radius 2 is 2.05 bits per heavy atom. The molecule has 2 heterocycles. The summed E-state index contributed by atoms with van der Waals surface area (Å²) in [5.41, 5.74) is 0.507. The van der Waals surface area contributed by atoms with Crippen molar-refractivity contribution in [3.63, 3.8) is 0 Å². The van der Waals surface area contributed by atoms with Crippen LogP contribution in [0, 0.1) is 6.92 Å². The molecule has 7 nitrogen and oxygen atoms in total. The first-order valence-electron chi connectivity index (χ1n) is 6.78. The summed E-state index contributed by atoms with van der Waals surface area (Å²) in [5.74, 6) is 1.07. The lowest BCUT2D eigenvalue weighted by Gasteiger charge is -2.11. The standard InChI is InChI=1S/C14H19N5O2/c1-11-10-18-13(14(21)19(11)8-9-20)17-7-6-16-12-4-2-3-5-15-12/h2-5,10,20H,6-9H2,1H3,(H,15,16)(H,17,18). The van der Waals surface area contributed by atoms with Gasteiger partial charge in [-0.05, 0) is 19.1 Å². The largest absolute Gasteiger partial charge is 0.395 e. The highest BCUT2D eigenvalue weighted by molar-refractivity contribution is 5.35. The highest BCUT2D eigenvalue weighted by Gasteiger charge is 2.06. The second kappa shape index (κ2) is 7.39. The Morgan fingerprint density at radius 3 is 2.76 bits per heavy atom. The number of aliphatic hydroxyl groups is 1. The predicted molar refractivity (Wildman–Crippen MR) is 81.5 cm³/mol. The molecule has 7 heteroatoms. The van der Waals surface area contributed by atoms with Gasteiger partial charge in [-0.25, -0.2) is 9.97 Å². The van der Waals surface area contributed by atoms with Crippen LogP contribution in [-0.2, 0) is 6.54 Å². The molecule has 0 aliphatic carbocycles. The van der Waals surface area contributed by atoms with Gasteiger partial charge < -0.3 is 20.3 Å². The van der Waals surface area contributed by atoms with E-state index in [1.54, 1.807) is 19.3 Å². The number of aromatic nitrogens is 3. The van der Waals surface area contributed by atoms with Crippen molar-refractivity contribution in [1.82, 2.24) is 14.5 Å². The molecule has 0 radical (unpaired) electrons. The Hall–Kier alpha value is -2.41. The number of aryl methyl sites for hydroxylation is 1. The molecule has 3 N–H and O–H groups in total. The molecule has 2 rings (SSSR count). The Labute approximate surface area is 122 Å². The van der Waals surface area contributed by atoms with Gasteiger partial charge in [0.05, 0.1) is 6.61 Å². The summed E-state index contributed by atoms with van der Waals surface area (Å²) in [5, 5.41) is 15.1. The van der Waals surface area contributed by atoms with Gasteiger partial charge in [0.25, 0.3) is 5.56 Å². The molecule has 2 aromatic heterocycles. The van der Waals surface area contributed by atoms with Crippen LogP contribution in [-0.4, -0.2) is 39.3 Å². The van der Waals surface area contributed by atoms with E-state index in [1.165, 1.54) is 4.57 Å². The van der Waals surface area contributed by atoms with Gasteiger partial charge in [0.2, 0.25) is 0 Å². The van der Waals surface area contributed by atoms with Gasteiger partial charge in [0, 0.05) is 37.7 Å². The molecular formula is C14H19N5O2. The van der Waals surface area contributed by atoms with Crippen LogP contribution in [0.4, 0.5) is 11.6 Å². The first-order valence-corrected chi connectivity index (χ1v) is 6.78. The van der Waals surface area contributed by atoms with Crippen LogP contribution in [0.2, 0.25) is 0 Å². The quantitative estimate of drug-likeness (QED) is 0.642. The fourth-order valence-corrected chi connectivity index (χ4v) is 1.91. The normalized spacial score (nSPS) is 10.4. The summed E-state index contributed by atoms with van der Waals surface area (Å²) in [6.45, 7) is 3.14. The van der Waals surface area contributed by atoms with Crippen LogP contribution in [0.5, 0.6) is 0 Å². The summed E-state index contributed by atoms with van der Waals surface area (Å²) in [6.07, 6.45) is 3.33. The number of aliphatic hydroxyl groups excluding tert-OH is 1. The fourth-order valence-electron chi connectivity index (χ4n) is 1.91. The van der Waals surface area contributed by atoms with E-state index in [9.17, 15) is 4.79 Å². The second-order valence-corrected chi connectivity index (χ2v) is 4.50. The highest BCUT2D eigenvalue weighted by Crippen LogP contribution is 2.00. The summed E-state index contributed by atoms with van der Waals surface area (Å²) < 4.78 is 1.50. The van der Waals surface area contributed by atoms with Gasteiger partial charge in [-0.15, -0.1) is 0 Å². The van der Waals surface area contributed by atoms with Crippen LogP contribution in [0.1, 0.15) is 5.69 Å². The predicted octanol–water partition coefficient (Wildman–Crippen LogP) is 0.463. The van der Waals surface area contributed by atoms with E-state index in [-0.39, 0.29) is 24.5 Å². The van der Waals surface area contributed by atoms with Gasteiger partial charge in [-0.2, -0.15) is 0 Å². The van der Waals surface area contributed by atoms with Crippen LogP contribution in [0.25, 0.3) is 0 Å². The lowest BCUT2D eigenvalue weighted by atomic mass is 10.4. The molecule has 0 aliphatic heterocycles. The second-order valence-electron chi connectivity index (χ2n) is 4.50. The van der Waals surface area contributed by atoms with Crippen molar-refractivity contribution in [1.29, 1.82) is 0 Å². The van der Waals surface area contributed by atoms with Crippen molar-refractivity contribution < 1.29 is 5.11 Å². The van der Waals surface area contributed by atoms with E-state index >= 15 is 0 Å². The van der Waals surface area contributed by atoms with Crippen molar-refractivity contribution in [3.05, 3.63) is 46.6 Å². The third-order valence-corrected chi connectivity index (χ3v) is 2.97. The van der Waals surface area contributed by atoms with Gasteiger partial charge in [-0.1, -0.05) is 6.07 Å². The van der Waals surface area contributed by atoms with Crippen LogP contribution in [0.3, 0.4) is 0 Å². The number of pyridine rings is 1. The Kier molecular flexibility index (Phi) is 5.28. The van der Waals surface area contributed by atoms with E-state index in [0.29, 0.717) is 13.1 Å². The number of rotatable bonds is 7. The van der Waals surface area contributed by atoms with E-state index in [1.807, 2.05) is 18.2 Å². The lowest BCUT2D eigenvalue weighted by molar-refractivity contribution is 0.273. The maximum atomic E-state index is 12.1. The number of anilines is 2. The molecule has 0 bridgehead atoms. The minimum absolute atomic E-state index is 0.0779. The maximum Gasteiger partial charge on any atom is 0.293 e. The van der Waals surface area contributed by atoms with E-state index in [2.05, 4.69) is 20.6 Å². The molecule has 0 spiro atoms. The number of nitrogens with zero attached hydrogens (tertiary/aromatic N) is 3. The molecule has 0 atom stereocenters. The van der Waals surface area contributed by atoms with E-state index in [0.717, 1.165) is 11.5 Å². The zero-order chi connectivity index (χ0) is 15.1. The van der Waals surface area contributed by atoms with Crippen molar-refractivity contribution in [3.8, 4) is 0 Å². The summed E-state index contributed by atoms with van der Waals surface area (Å²) in [4.78, 5) is 20.4. The third-order valence-electron chi connectivity index (χ3n) is 2.97. The summed E-state index contributed by atoms with van der Waals surface area (Å²) >= 11 is 0. The molecular weight excluding hydrogens is 270 g/mol. The average molecular weight is 289 g/mol. The summed E-state index contributed by atoms with van der Waals surface area (Å²) in [7, 11) is 0. The molecule has 112 valence electrons.